The van der Waals surface area contributed by atoms with Crippen LogP contribution in [0.25, 0.3) is 0 Å². The van der Waals surface area contributed by atoms with Crippen LogP contribution in [0.15, 0.2) is 18.2 Å². The fourth-order valence-electron chi connectivity index (χ4n) is 3.88. The highest BCUT2D eigenvalue weighted by Gasteiger charge is 2.45. The van der Waals surface area contributed by atoms with Crippen LogP contribution in [-0.4, -0.2) is 42.6 Å². The molecule has 184 valence electrons. The molecule has 0 radical (unpaired) electrons. The predicted octanol–water partition coefficient (Wildman–Crippen LogP) is 4.94. The first kappa shape index (κ1) is 28.4. The number of methoxy groups -OCH3 is 1. The molecular weight excluding hydrogens is 450 g/mol. The second-order valence-corrected chi connectivity index (χ2v) is 9.48. The largest absolute Gasteiger partial charge is 0.478 e. The van der Waals surface area contributed by atoms with Gasteiger partial charge in [0.15, 0.2) is 0 Å². The molecule has 8 nitrogen and oxygen atoms in total. The molecule has 33 heavy (non-hydrogen) atoms. The summed E-state index contributed by atoms with van der Waals surface area (Å²) in [6.07, 6.45) is 1.37. The van der Waals surface area contributed by atoms with E-state index < -0.39 is 34.6 Å². The minimum absolute atomic E-state index is 0.0616. The Bertz CT molecular complexity index is 884. The second kappa shape index (κ2) is 12.0. The van der Waals surface area contributed by atoms with Crippen LogP contribution in [0.2, 0.25) is 5.02 Å². The molecule has 1 aromatic rings. The molecule has 1 rings (SSSR count). The van der Waals surface area contributed by atoms with E-state index in [-0.39, 0.29) is 35.1 Å². The molecule has 1 amide bonds. The van der Waals surface area contributed by atoms with Crippen molar-refractivity contribution in [3.8, 4) is 0 Å². The smallest absolute Gasteiger partial charge is 0.337 e. The molecule has 0 aliphatic heterocycles. The molecule has 2 unspecified atom stereocenters. The van der Waals surface area contributed by atoms with Gasteiger partial charge in [0.1, 0.15) is 0 Å². The third kappa shape index (κ3) is 7.74. The van der Waals surface area contributed by atoms with E-state index in [9.17, 15) is 24.3 Å². The van der Waals surface area contributed by atoms with Crippen LogP contribution in [0.1, 0.15) is 70.7 Å². The van der Waals surface area contributed by atoms with Gasteiger partial charge in [-0.3, -0.25) is 14.4 Å². The number of halogens is 1. The molecule has 0 saturated carbocycles. The van der Waals surface area contributed by atoms with E-state index in [4.69, 9.17) is 21.1 Å². The van der Waals surface area contributed by atoms with Gasteiger partial charge in [-0.05, 0) is 50.8 Å². The average Bonchev–Trinajstić information content (AvgIpc) is 2.75. The lowest BCUT2D eigenvalue weighted by atomic mass is 9.69. The topological polar surface area (TPSA) is 119 Å². The Hall–Kier alpha value is -2.61. The number of hydrogen-bond donors (Lipinski definition) is 2. The van der Waals surface area contributed by atoms with Gasteiger partial charge in [-0.25, -0.2) is 4.79 Å². The average molecular weight is 484 g/mol. The standard InChI is InChI=1S/C24H34ClNO7/c1-7-11-33-20(29)15(8-2)13-24(5,22(31)32-6)14-23(3,4)21(30)26-18-10-9-16(25)12-17(18)19(27)28/h9-10,12,15H,7-8,11,13-14H2,1-6H3,(H,26,30)(H,27,28). The SMILES string of the molecule is CCCOC(=O)C(CC)CC(C)(CC(C)(C)C(=O)Nc1ccc(Cl)cc1C(=O)O)C(=O)OC. The van der Waals surface area contributed by atoms with E-state index >= 15 is 0 Å². The third-order valence-electron chi connectivity index (χ3n) is 5.56. The number of carbonyl (C=O) groups excluding carboxylic acids is 3. The molecule has 1 aromatic carbocycles. The van der Waals surface area contributed by atoms with E-state index in [2.05, 4.69) is 5.32 Å². The lowest BCUT2D eigenvalue weighted by molar-refractivity contribution is -0.158. The van der Waals surface area contributed by atoms with Crippen LogP contribution in [0.5, 0.6) is 0 Å². The number of aromatic carboxylic acids is 1. The van der Waals surface area contributed by atoms with Crippen molar-refractivity contribution < 1.29 is 33.8 Å². The first-order chi connectivity index (χ1) is 15.3. The molecule has 0 fully saturated rings. The lowest BCUT2D eigenvalue weighted by Gasteiger charge is -2.36. The summed E-state index contributed by atoms with van der Waals surface area (Å²) in [4.78, 5) is 49.9. The Balaban J connectivity index is 3.16. The summed E-state index contributed by atoms with van der Waals surface area (Å²) in [6.45, 7) is 8.98. The van der Waals surface area contributed by atoms with Crippen molar-refractivity contribution in [1.29, 1.82) is 0 Å². The zero-order valence-corrected chi connectivity index (χ0v) is 20.9. The number of nitrogens with one attached hydrogen (secondary N) is 1. The highest BCUT2D eigenvalue weighted by Crippen LogP contribution is 2.41. The van der Waals surface area contributed by atoms with Crippen molar-refractivity contribution in [2.75, 3.05) is 19.0 Å². The first-order valence-electron chi connectivity index (χ1n) is 10.9. The monoisotopic (exact) mass is 483 g/mol. The molecule has 0 heterocycles. The van der Waals surface area contributed by atoms with Crippen LogP contribution < -0.4 is 5.32 Å². The van der Waals surface area contributed by atoms with Gasteiger partial charge < -0.3 is 19.9 Å². The maximum atomic E-state index is 13.1. The quantitative estimate of drug-likeness (QED) is 0.404. The summed E-state index contributed by atoms with van der Waals surface area (Å²) in [6, 6.07) is 4.14. The predicted molar refractivity (Wildman–Crippen MR) is 125 cm³/mol. The number of hydrogen-bond acceptors (Lipinski definition) is 6. The lowest BCUT2D eigenvalue weighted by Crippen LogP contribution is -2.42. The summed E-state index contributed by atoms with van der Waals surface area (Å²) in [5.41, 5.74) is -2.31. The van der Waals surface area contributed by atoms with Gasteiger partial charge in [0.05, 0.1) is 36.3 Å². The summed E-state index contributed by atoms with van der Waals surface area (Å²) in [7, 11) is 1.26. The number of carboxylic acid groups (broad SMARTS) is 1. The molecule has 0 aliphatic carbocycles. The van der Waals surface area contributed by atoms with Crippen LogP contribution in [0.4, 0.5) is 5.69 Å². The van der Waals surface area contributed by atoms with Gasteiger partial charge in [0.2, 0.25) is 5.91 Å². The number of carboxylic acids is 1. The van der Waals surface area contributed by atoms with Gasteiger partial charge in [0.25, 0.3) is 0 Å². The van der Waals surface area contributed by atoms with Crippen molar-refractivity contribution in [2.45, 2.75) is 60.3 Å². The highest BCUT2D eigenvalue weighted by atomic mass is 35.5. The zero-order valence-electron chi connectivity index (χ0n) is 20.1. The van der Waals surface area contributed by atoms with Crippen LogP contribution in [0.3, 0.4) is 0 Å². The van der Waals surface area contributed by atoms with Crippen LogP contribution >= 0.6 is 11.6 Å². The second-order valence-electron chi connectivity index (χ2n) is 9.04. The van der Waals surface area contributed by atoms with E-state index in [0.29, 0.717) is 19.4 Å². The summed E-state index contributed by atoms with van der Waals surface area (Å²) < 4.78 is 10.3. The molecule has 0 aliphatic rings. The van der Waals surface area contributed by atoms with Crippen molar-refractivity contribution in [1.82, 2.24) is 0 Å². The number of ether oxygens (including phenoxy) is 2. The minimum atomic E-state index is -1.23. The normalized spacial score (nSPS) is 14.0. The minimum Gasteiger partial charge on any atom is -0.478 e. The molecule has 9 heteroatoms. The third-order valence-corrected chi connectivity index (χ3v) is 5.79. The summed E-state index contributed by atoms with van der Waals surface area (Å²) in [5.74, 6) is -3.17. The number of rotatable bonds is 12. The van der Waals surface area contributed by atoms with Crippen molar-refractivity contribution in [3.05, 3.63) is 28.8 Å². The van der Waals surface area contributed by atoms with Crippen LogP contribution in [-0.2, 0) is 23.9 Å². The number of carbonyl (C=O) groups is 4. The molecule has 0 aromatic heterocycles. The highest BCUT2D eigenvalue weighted by molar-refractivity contribution is 6.31. The molecule has 0 spiro atoms. The Morgan fingerprint density at radius 1 is 1.15 bits per heavy atom. The van der Waals surface area contributed by atoms with E-state index in [1.165, 1.54) is 25.3 Å². The Morgan fingerprint density at radius 3 is 2.30 bits per heavy atom. The number of anilines is 1. The van der Waals surface area contributed by atoms with E-state index in [0.717, 1.165) is 0 Å². The van der Waals surface area contributed by atoms with Gasteiger partial charge in [-0.1, -0.05) is 39.3 Å². The fraction of sp³-hybridized carbons (Fsp3) is 0.583. The number of amides is 1. The number of esters is 2. The van der Waals surface area contributed by atoms with E-state index in [1.54, 1.807) is 20.8 Å². The van der Waals surface area contributed by atoms with Gasteiger partial charge >= 0.3 is 17.9 Å². The van der Waals surface area contributed by atoms with Gasteiger partial charge in [-0.15, -0.1) is 0 Å². The molecule has 0 bridgehead atoms. The number of benzene rings is 1. The molecular formula is C24H34ClNO7. The Morgan fingerprint density at radius 2 is 1.79 bits per heavy atom. The molecule has 2 atom stereocenters. The molecule has 0 saturated heterocycles. The van der Waals surface area contributed by atoms with Crippen molar-refractivity contribution in [2.24, 2.45) is 16.7 Å². The maximum Gasteiger partial charge on any atom is 0.337 e. The Labute approximate surface area is 200 Å². The zero-order chi connectivity index (χ0) is 25.4. The summed E-state index contributed by atoms with van der Waals surface area (Å²) >= 11 is 5.88. The summed E-state index contributed by atoms with van der Waals surface area (Å²) in [5, 5.41) is 12.3. The van der Waals surface area contributed by atoms with Crippen LogP contribution in [0, 0.1) is 16.7 Å². The Kier molecular flexibility index (Phi) is 10.4. The van der Waals surface area contributed by atoms with Crippen molar-refractivity contribution in [3.63, 3.8) is 0 Å². The fourth-order valence-corrected chi connectivity index (χ4v) is 4.05. The first-order valence-corrected chi connectivity index (χ1v) is 11.3. The van der Waals surface area contributed by atoms with E-state index in [1.807, 2.05) is 13.8 Å². The maximum absolute atomic E-state index is 13.1. The van der Waals surface area contributed by atoms with Crippen molar-refractivity contribution >= 4 is 41.1 Å². The van der Waals surface area contributed by atoms with Gasteiger partial charge in [0, 0.05) is 10.4 Å². The molecule has 2 N–H and O–H groups in total. The van der Waals surface area contributed by atoms with Gasteiger partial charge in [-0.2, -0.15) is 0 Å².